The zero-order chi connectivity index (χ0) is 21.3. The molecule has 0 aromatic heterocycles. The van der Waals surface area contributed by atoms with Crippen molar-refractivity contribution in [2.75, 3.05) is 12.0 Å². The minimum atomic E-state index is -0.460. The molecule has 0 aliphatic rings. The average molecular weight is 409 g/mol. The second kappa shape index (κ2) is 10.0. The van der Waals surface area contributed by atoms with Gasteiger partial charge in [-0.25, -0.2) is 4.39 Å². The first-order chi connectivity index (χ1) is 14.6. The van der Waals surface area contributed by atoms with Gasteiger partial charge in [0.1, 0.15) is 12.4 Å². The Morgan fingerprint density at radius 1 is 1.07 bits per heavy atom. The number of benzene rings is 3. The Balaban J connectivity index is 1.67. The van der Waals surface area contributed by atoms with Gasteiger partial charge < -0.3 is 9.47 Å². The van der Waals surface area contributed by atoms with Crippen molar-refractivity contribution >= 4 is 17.6 Å². The largest absolute Gasteiger partial charge is 0.490 e. The highest BCUT2D eigenvalue weighted by Gasteiger charge is 2.08. The second-order valence-corrected chi connectivity index (χ2v) is 6.19. The average Bonchev–Trinajstić information content (AvgIpc) is 2.75. The van der Waals surface area contributed by atoms with Gasteiger partial charge in [-0.1, -0.05) is 18.2 Å². The van der Waals surface area contributed by atoms with Crippen molar-refractivity contribution in [3.8, 4) is 11.5 Å². The molecular weight excluding hydrogens is 389 g/mol. The summed E-state index contributed by atoms with van der Waals surface area (Å²) in [7, 11) is 0. The van der Waals surface area contributed by atoms with E-state index in [4.69, 9.17) is 9.47 Å². The van der Waals surface area contributed by atoms with Crippen molar-refractivity contribution in [3.63, 3.8) is 0 Å². The Bertz CT molecular complexity index is 1040. The van der Waals surface area contributed by atoms with Crippen LogP contribution in [0.1, 0.15) is 18.1 Å². The van der Waals surface area contributed by atoms with Crippen LogP contribution in [0, 0.1) is 15.9 Å². The van der Waals surface area contributed by atoms with Crippen LogP contribution in [0.5, 0.6) is 11.5 Å². The van der Waals surface area contributed by atoms with E-state index in [1.807, 2.05) is 6.92 Å². The molecule has 30 heavy (non-hydrogen) atoms. The summed E-state index contributed by atoms with van der Waals surface area (Å²) in [4.78, 5) is 10.2. The number of nitrogens with one attached hydrogen (secondary N) is 1. The van der Waals surface area contributed by atoms with E-state index in [9.17, 15) is 14.5 Å². The second-order valence-electron chi connectivity index (χ2n) is 6.19. The number of halogens is 1. The molecule has 7 nitrogen and oxygen atoms in total. The Hall–Kier alpha value is -3.94. The number of nitro benzene ring substituents is 1. The molecule has 0 saturated carbocycles. The van der Waals surface area contributed by atoms with Gasteiger partial charge in [-0.3, -0.25) is 15.5 Å². The molecule has 154 valence electrons. The lowest BCUT2D eigenvalue weighted by Gasteiger charge is -2.13. The molecule has 0 radical (unpaired) electrons. The van der Waals surface area contributed by atoms with Gasteiger partial charge in [-0.05, 0) is 48.9 Å². The van der Waals surface area contributed by atoms with Gasteiger partial charge in [0.25, 0.3) is 5.69 Å². The van der Waals surface area contributed by atoms with E-state index in [-0.39, 0.29) is 18.1 Å². The maximum Gasteiger partial charge on any atom is 0.269 e. The Labute approximate surface area is 172 Å². The number of non-ortho nitro benzene ring substituents is 1. The molecular formula is C22H20FN3O4. The molecule has 0 amide bonds. The third kappa shape index (κ3) is 5.54. The van der Waals surface area contributed by atoms with Crippen molar-refractivity contribution in [1.82, 2.24) is 0 Å². The van der Waals surface area contributed by atoms with Crippen LogP contribution in [-0.4, -0.2) is 17.7 Å². The molecule has 0 fully saturated rings. The van der Waals surface area contributed by atoms with E-state index in [1.54, 1.807) is 54.7 Å². The number of nitrogens with zero attached hydrogens (tertiary/aromatic N) is 2. The zero-order valence-electron chi connectivity index (χ0n) is 16.2. The Morgan fingerprint density at radius 3 is 2.53 bits per heavy atom. The van der Waals surface area contributed by atoms with Crippen LogP contribution in [0.25, 0.3) is 0 Å². The van der Waals surface area contributed by atoms with Gasteiger partial charge in [-0.15, -0.1) is 0 Å². The van der Waals surface area contributed by atoms with Gasteiger partial charge in [-0.2, -0.15) is 5.10 Å². The maximum absolute atomic E-state index is 13.8. The van der Waals surface area contributed by atoms with E-state index in [1.165, 1.54) is 18.2 Å². The predicted molar refractivity (Wildman–Crippen MR) is 113 cm³/mol. The lowest BCUT2D eigenvalue weighted by atomic mass is 10.2. The van der Waals surface area contributed by atoms with Crippen LogP contribution in [0.15, 0.2) is 71.8 Å². The topological polar surface area (TPSA) is 86.0 Å². The minimum absolute atomic E-state index is 0.0110. The predicted octanol–water partition coefficient (Wildman–Crippen LogP) is 5.16. The lowest BCUT2D eigenvalue weighted by Crippen LogP contribution is -2.02. The fourth-order valence-corrected chi connectivity index (χ4v) is 2.60. The lowest BCUT2D eigenvalue weighted by molar-refractivity contribution is -0.384. The van der Waals surface area contributed by atoms with E-state index in [0.717, 1.165) is 5.56 Å². The first-order valence-electron chi connectivity index (χ1n) is 9.23. The van der Waals surface area contributed by atoms with E-state index in [2.05, 4.69) is 10.5 Å². The SMILES string of the molecule is CCOc1cc(/C=N/Nc2ccc([N+](=O)[O-])cc2)ccc1OCc1ccccc1F. The maximum atomic E-state index is 13.8. The minimum Gasteiger partial charge on any atom is -0.490 e. The first kappa shape index (κ1) is 20.8. The molecule has 0 bridgehead atoms. The van der Waals surface area contributed by atoms with Gasteiger partial charge in [0.05, 0.1) is 23.4 Å². The quantitative estimate of drug-likeness (QED) is 0.300. The molecule has 0 spiro atoms. The Kier molecular flexibility index (Phi) is 6.94. The highest BCUT2D eigenvalue weighted by Crippen LogP contribution is 2.29. The standard InChI is InChI=1S/C22H20FN3O4/c1-2-29-22-13-16(14-24-25-18-8-10-19(11-9-18)26(27)28)7-12-21(22)30-15-17-5-3-4-6-20(17)23/h3-14,25H,2,15H2,1H3/b24-14+. The van der Waals surface area contributed by atoms with Crippen LogP contribution >= 0.6 is 0 Å². The summed E-state index contributed by atoms with van der Waals surface area (Å²) in [5.41, 5.74) is 4.65. The number of rotatable bonds is 9. The molecule has 3 aromatic carbocycles. The van der Waals surface area contributed by atoms with Crippen LogP contribution in [-0.2, 0) is 6.61 Å². The molecule has 0 heterocycles. The fourth-order valence-electron chi connectivity index (χ4n) is 2.60. The fraction of sp³-hybridized carbons (Fsp3) is 0.136. The number of hydrazone groups is 1. The van der Waals surface area contributed by atoms with Gasteiger partial charge in [0.2, 0.25) is 0 Å². The zero-order valence-corrected chi connectivity index (χ0v) is 16.2. The summed E-state index contributed by atoms with van der Waals surface area (Å²) in [5.74, 6) is 0.699. The number of anilines is 1. The van der Waals surface area contributed by atoms with E-state index < -0.39 is 4.92 Å². The van der Waals surface area contributed by atoms with Crippen molar-refractivity contribution in [2.24, 2.45) is 5.10 Å². The molecule has 0 unspecified atom stereocenters. The van der Waals surface area contributed by atoms with E-state index in [0.29, 0.717) is 29.4 Å². The first-order valence-corrected chi connectivity index (χ1v) is 9.23. The monoisotopic (exact) mass is 409 g/mol. The van der Waals surface area contributed by atoms with Crippen LogP contribution < -0.4 is 14.9 Å². The van der Waals surface area contributed by atoms with Crippen molar-refractivity contribution in [1.29, 1.82) is 0 Å². The molecule has 3 rings (SSSR count). The molecule has 0 aliphatic heterocycles. The normalized spacial score (nSPS) is 10.7. The summed E-state index contributed by atoms with van der Waals surface area (Å²) >= 11 is 0. The highest BCUT2D eigenvalue weighted by molar-refractivity contribution is 5.81. The summed E-state index contributed by atoms with van der Waals surface area (Å²) < 4.78 is 25.1. The summed E-state index contributed by atoms with van der Waals surface area (Å²) in [6, 6.07) is 17.7. The smallest absolute Gasteiger partial charge is 0.269 e. The Morgan fingerprint density at radius 2 is 1.83 bits per heavy atom. The molecule has 1 N–H and O–H groups in total. The third-order valence-corrected chi connectivity index (χ3v) is 4.09. The van der Waals surface area contributed by atoms with Crippen molar-refractivity contribution < 1.29 is 18.8 Å². The number of ether oxygens (including phenoxy) is 2. The van der Waals surface area contributed by atoms with Gasteiger partial charge in [0.15, 0.2) is 11.5 Å². The highest BCUT2D eigenvalue weighted by atomic mass is 19.1. The third-order valence-electron chi connectivity index (χ3n) is 4.09. The van der Waals surface area contributed by atoms with Crippen molar-refractivity contribution in [3.05, 3.63) is 93.8 Å². The van der Waals surface area contributed by atoms with E-state index >= 15 is 0 Å². The summed E-state index contributed by atoms with van der Waals surface area (Å²) in [6.45, 7) is 2.39. The van der Waals surface area contributed by atoms with Crippen LogP contribution in [0.3, 0.4) is 0 Å². The van der Waals surface area contributed by atoms with Crippen LogP contribution in [0.2, 0.25) is 0 Å². The van der Waals surface area contributed by atoms with Gasteiger partial charge in [0, 0.05) is 17.7 Å². The molecule has 0 aliphatic carbocycles. The number of hydrogen-bond acceptors (Lipinski definition) is 6. The summed E-state index contributed by atoms with van der Waals surface area (Å²) in [6.07, 6.45) is 1.59. The molecule has 0 saturated heterocycles. The molecule has 3 aromatic rings. The van der Waals surface area contributed by atoms with Gasteiger partial charge >= 0.3 is 0 Å². The van der Waals surface area contributed by atoms with Crippen molar-refractivity contribution in [2.45, 2.75) is 13.5 Å². The molecule has 8 heteroatoms. The summed E-state index contributed by atoms with van der Waals surface area (Å²) in [5, 5.41) is 14.8. The number of nitro groups is 1. The molecule has 0 atom stereocenters. The number of hydrogen-bond donors (Lipinski definition) is 1. The van der Waals surface area contributed by atoms with Crippen LogP contribution in [0.4, 0.5) is 15.8 Å².